The standard InChI is InChI=1S/C28H31F2N7O4/c1-28(2,3)41-27(39)35-13-17(14-35)15-37-22-10-21(26(38)34-5-4-7-40-8-6-34)31-11-19(22)24(33-37)23-12-32-25-20(30)9-18(29)16-36(23)25/h9-12,16-17H,4-8,13-15H2,1-3H3. The van der Waals surface area contributed by atoms with E-state index in [0.29, 0.717) is 68.2 Å². The Morgan fingerprint density at radius 3 is 2.66 bits per heavy atom. The summed E-state index contributed by atoms with van der Waals surface area (Å²) in [7, 11) is 0. The lowest BCUT2D eigenvalue weighted by molar-refractivity contribution is -0.00365. The van der Waals surface area contributed by atoms with Gasteiger partial charge in [0.15, 0.2) is 11.5 Å². The minimum absolute atomic E-state index is 0.0285. The second kappa shape index (κ2) is 10.4. The van der Waals surface area contributed by atoms with E-state index in [2.05, 4.69) is 9.97 Å². The molecule has 0 aromatic carbocycles. The van der Waals surface area contributed by atoms with Crippen molar-refractivity contribution in [3.05, 3.63) is 48.1 Å². The first-order valence-corrected chi connectivity index (χ1v) is 13.6. The molecule has 2 aliphatic rings. The van der Waals surface area contributed by atoms with Gasteiger partial charge < -0.3 is 19.3 Å². The Hall–Kier alpha value is -4.13. The molecule has 11 nitrogen and oxygen atoms in total. The van der Waals surface area contributed by atoms with E-state index in [1.54, 1.807) is 26.7 Å². The van der Waals surface area contributed by atoms with E-state index >= 15 is 0 Å². The third-order valence-corrected chi connectivity index (χ3v) is 7.17. The number of halogens is 2. The van der Waals surface area contributed by atoms with E-state index in [-0.39, 0.29) is 29.3 Å². The first-order chi connectivity index (χ1) is 19.6. The number of carbonyl (C=O) groups excluding carboxylic acids is 2. The molecule has 216 valence electrons. The molecule has 4 aromatic heterocycles. The van der Waals surface area contributed by atoms with Crippen molar-refractivity contribution in [3.63, 3.8) is 0 Å². The Balaban J connectivity index is 1.35. The van der Waals surface area contributed by atoms with Crippen molar-refractivity contribution in [2.45, 2.75) is 39.3 Å². The highest BCUT2D eigenvalue weighted by Gasteiger charge is 2.35. The van der Waals surface area contributed by atoms with Gasteiger partial charge >= 0.3 is 6.09 Å². The van der Waals surface area contributed by atoms with Gasteiger partial charge in [-0.2, -0.15) is 5.10 Å². The lowest BCUT2D eigenvalue weighted by Crippen LogP contribution is -2.52. The van der Waals surface area contributed by atoms with Gasteiger partial charge in [-0.15, -0.1) is 0 Å². The first kappa shape index (κ1) is 27.1. The number of likely N-dealkylation sites (tertiary alicyclic amines) is 1. The topological polar surface area (TPSA) is 107 Å². The van der Waals surface area contributed by atoms with Crippen molar-refractivity contribution in [2.24, 2.45) is 5.92 Å². The third-order valence-electron chi connectivity index (χ3n) is 7.17. The van der Waals surface area contributed by atoms with E-state index in [0.717, 1.165) is 18.7 Å². The van der Waals surface area contributed by atoms with Crippen LogP contribution in [0.3, 0.4) is 0 Å². The summed E-state index contributed by atoms with van der Waals surface area (Å²) in [5.74, 6) is -1.65. The maximum atomic E-state index is 14.4. The molecule has 0 bridgehead atoms. The van der Waals surface area contributed by atoms with Crippen LogP contribution in [0.5, 0.6) is 0 Å². The maximum Gasteiger partial charge on any atom is 0.410 e. The number of hydrogen-bond acceptors (Lipinski definition) is 7. The van der Waals surface area contributed by atoms with Crippen LogP contribution in [0.2, 0.25) is 0 Å². The van der Waals surface area contributed by atoms with Gasteiger partial charge in [-0.05, 0) is 33.3 Å². The molecular weight excluding hydrogens is 536 g/mol. The van der Waals surface area contributed by atoms with Gasteiger partial charge in [-0.3, -0.25) is 18.9 Å². The first-order valence-electron chi connectivity index (χ1n) is 13.6. The summed E-state index contributed by atoms with van der Waals surface area (Å²) in [5, 5.41) is 5.42. The van der Waals surface area contributed by atoms with Crippen molar-refractivity contribution >= 4 is 28.6 Å². The highest BCUT2D eigenvalue weighted by molar-refractivity contribution is 5.99. The number of nitrogens with zero attached hydrogens (tertiary/aromatic N) is 7. The molecule has 0 unspecified atom stereocenters. The second-order valence-electron chi connectivity index (χ2n) is 11.5. The van der Waals surface area contributed by atoms with Crippen LogP contribution in [0.25, 0.3) is 27.9 Å². The molecule has 6 rings (SSSR count). The summed E-state index contributed by atoms with van der Waals surface area (Å²) < 4.78 is 42.6. The molecule has 2 fully saturated rings. The fourth-order valence-corrected chi connectivity index (χ4v) is 5.22. The quantitative estimate of drug-likeness (QED) is 0.370. The maximum absolute atomic E-state index is 14.4. The Bertz CT molecular complexity index is 1630. The fourth-order valence-electron chi connectivity index (χ4n) is 5.22. The van der Waals surface area contributed by atoms with Gasteiger partial charge in [-0.25, -0.2) is 18.6 Å². The molecule has 0 spiro atoms. The normalized spacial score (nSPS) is 16.7. The van der Waals surface area contributed by atoms with Gasteiger partial charge in [0.25, 0.3) is 5.91 Å². The van der Waals surface area contributed by atoms with Crippen molar-refractivity contribution < 1.29 is 27.8 Å². The summed E-state index contributed by atoms with van der Waals surface area (Å²) in [6.07, 6.45) is 4.54. The van der Waals surface area contributed by atoms with Crippen LogP contribution in [-0.4, -0.2) is 90.9 Å². The molecular formula is C28H31F2N7O4. The molecule has 2 amide bonds. The highest BCUT2D eigenvalue weighted by atomic mass is 19.1. The van der Waals surface area contributed by atoms with Crippen LogP contribution in [0.1, 0.15) is 37.7 Å². The smallest absolute Gasteiger partial charge is 0.410 e. The number of ether oxygens (including phenoxy) is 2. The average Bonchev–Trinajstić information content (AvgIpc) is 3.33. The molecule has 2 aliphatic heterocycles. The lowest BCUT2D eigenvalue weighted by Gasteiger charge is -2.39. The number of fused-ring (bicyclic) bond motifs is 2. The number of imidazole rings is 1. The molecule has 4 aromatic rings. The molecule has 0 aliphatic carbocycles. The van der Waals surface area contributed by atoms with Crippen LogP contribution < -0.4 is 0 Å². The number of amides is 2. The van der Waals surface area contributed by atoms with Crippen molar-refractivity contribution in [3.8, 4) is 11.4 Å². The van der Waals surface area contributed by atoms with Crippen LogP contribution in [0.15, 0.2) is 30.7 Å². The predicted octanol–water partition coefficient (Wildman–Crippen LogP) is 3.75. The molecule has 41 heavy (non-hydrogen) atoms. The van der Waals surface area contributed by atoms with E-state index in [4.69, 9.17) is 14.6 Å². The predicted molar refractivity (Wildman–Crippen MR) is 144 cm³/mol. The zero-order chi connectivity index (χ0) is 28.9. The minimum atomic E-state index is -0.788. The molecule has 6 heterocycles. The van der Waals surface area contributed by atoms with E-state index in [1.165, 1.54) is 10.6 Å². The van der Waals surface area contributed by atoms with Gasteiger partial charge in [0.2, 0.25) is 0 Å². The molecule has 0 atom stereocenters. The van der Waals surface area contributed by atoms with Crippen molar-refractivity contribution in [1.82, 2.24) is 33.9 Å². The fraction of sp³-hybridized carbons (Fsp3) is 0.464. The number of aromatic nitrogens is 5. The number of pyridine rings is 2. The Morgan fingerprint density at radius 2 is 1.88 bits per heavy atom. The highest BCUT2D eigenvalue weighted by Crippen LogP contribution is 2.31. The Morgan fingerprint density at radius 1 is 1.07 bits per heavy atom. The largest absolute Gasteiger partial charge is 0.444 e. The van der Waals surface area contributed by atoms with Crippen molar-refractivity contribution in [2.75, 3.05) is 39.4 Å². The number of carbonyl (C=O) groups is 2. The zero-order valence-electron chi connectivity index (χ0n) is 23.1. The van der Waals surface area contributed by atoms with Gasteiger partial charge in [-0.1, -0.05) is 0 Å². The molecule has 0 radical (unpaired) electrons. The van der Waals surface area contributed by atoms with Gasteiger partial charge in [0.1, 0.15) is 22.8 Å². The average molecular weight is 568 g/mol. The molecule has 13 heteroatoms. The summed E-state index contributed by atoms with van der Waals surface area (Å²) >= 11 is 0. The van der Waals surface area contributed by atoms with Crippen molar-refractivity contribution in [1.29, 1.82) is 0 Å². The summed E-state index contributed by atoms with van der Waals surface area (Å²) in [6, 6.07) is 2.48. The summed E-state index contributed by atoms with van der Waals surface area (Å²) in [6.45, 7) is 9.02. The van der Waals surface area contributed by atoms with Gasteiger partial charge in [0.05, 0.1) is 24.0 Å². The lowest BCUT2D eigenvalue weighted by atomic mass is 10.0. The minimum Gasteiger partial charge on any atom is -0.444 e. The van der Waals surface area contributed by atoms with E-state index in [1.807, 2.05) is 20.8 Å². The van der Waals surface area contributed by atoms with Crippen LogP contribution in [-0.2, 0) is 16.0 Å². The summed E-state index contributed by atoms with van der Waals surface area (Å²) in [4.78, 5) is 37.7. The van der Waals surface area contributed by atoms with Crippen LogP contribution >= 0.6 is 0 Å². The molecule has 0 N–H and O–H groups in total. The Kier molecular flexibility index (Phi) is 6.84. The molecule has 2 saturated heterocycles. The zero-order valence-corrected chi connectivity index (χ0v) is 23.1. The second-order valence-corrected chi connectivity index (χ2v) is 11.5. The van der Waals surface area contributed by atoms with E-state index in [9.17, 15) is 18.4 Å². The number of hydrogen-bond donors (Lipinski definition) is 0. The number of rotatable bonds is 4. The van der Waals surface area contributed by atoms with Crippen LogP contribution in [0, 0.1) is 17.6 Å². The van der Waals surface area contributed by atoms with E-state index < -0.39 is 17.2 Å². The Labute approximate surface area is 234 Å². The third kappa shape index (κ3) is 5.33. The summed E-state index contributed by atoms with van der Waals surface area (Å²) in [5.41, 5.74) is 1.11. The van der Waals surface area contributed by atoms with Crippen LogP contribution in [0.4, 0.5) is 13.6 Å². The monoisotopic (exact) mass is 567 g/mol. The molecule has 0 saturated carbocycles. The SMILES string of the molecule is CC(C)(C)OC(=O)N1CC(Cn2nc(-c3cnc4c(F)cc(F)cn34)c3cnc(C(=O)N4CCCOCC4)cc32)C1. The van der Waals surface area contributed by atoms with Gasteiger partial charge in [0, 0.05) is 69.1 Å².